The molecule has 0 saturated carbocycles. The SMILES string of the molecule is CCCCCCCCCCCCCCCCCCCCCCCCC(=O)OC(COC(=O)CC)COC1OC(COC2OC(CO)C(O)C(O)C2O)C(O)C(O)C1O. The first-order valence-corrected chi connectivity index (χ1v) is 22.6. The number of carbonyl (C=O) groups excluding carboxylic acids is 2. The van der Waals surface area contributed by atoms with Crippen LogP contribution >= 0.6 is 0 Å². The molecule has 15 heteroatoms. The van der Waals surface area contributed by atoms with Crippen LogP contribution in [0.25, 0.3) is 0 Å². The molecule has 15 nitrogen and oxygen atoms in total. The van der Waals surface area contributed by atoms with Gasteiger partial charge in [-0.05, 0) is 6.42 Å². The molecule has 2 aliphatic rings. The normalized spacial score (nSPS) is 28.0. The Labute approximate surface area is 347 Å². The summed E-state index contributed by atoms with van der Waals surface area (Å²) >= 11 is 0. The van der Waals surface area contributed by atoms with Crippen LogP contribution in [0.2, 0.25) is 0 Å². The Morgan fingerprint density at radius 1 is 0.500 bits per heavy atom. The zero-order chi connectivity index (χ0) is 42.5. The van der Waals surface area contributed by atoms with Gasteiger partial charge in [-0.3, -0.25) is 9.59 Å². The molecular weight excluding hydrogens is 756 g/mol. The fourth-order valence-electron chi connectivity index (χ4n) is 7.32. The summed E-state index contributed by atoms with van der Waals surface area (Å²) in [4.78, 5) is 24.6. The lowest BCUT2D eigenvalue weighted by Crippen LogP contribution is -2.61. The quantitative estimate of drug-likeness (QED) is 0.0350. The van der Waals surface area contributed by atoms with Gasteiger partial charge in [0.2, 0.25) is 0 Å². The molecule has 58 heavy (non-hydrogen) atoms. The van der Waals surface area contributed by atoms with E-state index in [2.05, 4.69) is 6.92 Å². The standard InChI is InChI=1S/C43H80O15/c1-3-5-6-7-8-9-10-11-12-13-14-15-16-17-18-19-20-21-22-23-24-25-26-35(46)56-31(28-53-34(45)4-2)29-54-42-41(52)39(50)37(48)33(58-42)30-55-43-40(51)38(49)36(47)32(27-44)57-43/h31-33,36-44,47-52H,3-30H2,1-2H3. The van der Waals surface area contributed by atoms with Gasteiger partial charge in [-0.2, -0.15) is 0 Å². The summed E-state index contributed by atoms with van der Waals surface area (Å²) < 4.78 is 32.8. The highest BCUT2D eigenvalue weighted by molar-refractivity contribution is 5.70. The average Bonchev–Trinajstić information content (AvgIpc) is 3.22. The van der Waals surface area contributed by atoms with Crippen molar-refractivity contribution in [3.05, 3.63) is 0 Å². The molecule has 342 valence electrons. The van der Waals surface area contributed by atoms with E-state index in [9.17, 15) is 45.3 Å². The van der Waals surface area contributed by atoms with Crippen molar-refractivity contribution >= 4 is 11.9 Å². The molecule has 11 unspecified atom stereocenters. The van der Waals surface area contributed by atoms with E-state index in [1.165, 1.54) is 116 Å². The number of rotatable bonds is 34. The largest absolute Gasteiger partial charge is 0.462 e. The molecule has 0 radical (unpaired) electrons. The van der Waals surface area contributed by atoms with E-state index < -0.39 is 92.7 Å². The van der Waals surface area contributed by atoms with Crippen LogP contribution in [0.5, 0.6) is 0 Å². The molecule has 7 N–H and O–H groups in total. The summed E-state index contributed by atoms with van der Waals surface area (Å²) in [5, 5.41) is 71.2. The molecule has 0 aromatic rings. The van der Waals surface area contributed by atoms with Gasteiger partial charge in [0.1, 0.15) is 55.4 Å². The predicted octanol–water partition coefficient (Wildman–Crippen LogP) is 4.48. The number of aliphatic hydroxyl groups is 7. The lowest BCUT2D eigenvalue weighted by molar-refractivity contribution is -0.332. The number of ether oxygens (including phenoxy) is 6. The van der Waals surface area contributed by atoms with Crippen LogP contribution in [0.15, 0.2) is 0 Å². The second-order valence-corrected chi connectivity index (χ2v) is 16.2. The smallest absolute Gasteiger partial charge is 0.306 e. The molecule has 0 spiro atoms. The molecule has 11 atom stereocenters. The highest BCUT2D eigenvalue weighted by atomic mass is 16.7. The molecular formula is C43H80O15. The first-order chi connectivity index (χ1) is 28.0. The zero-order valence-electron chi connectivity index (χ0n) is 35.5. The summed E-state index contributed by atoms with van der Waals surface area (Å²) in [6.45, 7) is 1.99. The van der Waals surface area contributed by atoms with Crippen LogP contribution in [0, 0.1) is 0 Å². The van der Waals surface area contributed by atoms with Crippen LogP contribution in [0.1, 0.15) is 168 Å². The van der Waals surface area contributed by atoms with E-state index in [0.717, 1.165) is 19.3 Å². The van der Waals surface area contributed by atoms with Crippen LogP contribution in [-0.2, 0) is 38.0 Å². The van der Waals surface area contributed by atoms with Gasteiger partial charge in [0, 0.05) is 12.8 Å². The van der Waals surface area contributed by atoms with E-state index in [0.29, 0.717) is 6.42 Å². The minimum absolute atomic E-state index is 0.103. The second-order valence-electron chi connectivity index (χ2n) is 16.2. The van der Waals surface area contributed by atoms with Crippen molar-refractivity contribution in [2.75, 3.05) is 26.4 Å². The molecule has 2 rings (SSSR count). The maximum absolute atomic E-state index is 12.7. The lowest BCUT2D eigenvalue weighted by atomic mass is 9.98. The highest BCUT2D eigenvalue weighted by Crippen LogP contribution is 2.26. The molecule has 2 saturated heterocycles. The summed E-state index contributed by atoms with van der Waals surface area (Å²) in [6, 6.07) is 0. The third-order valence-corrected chi connectivity index (χ3v) is 11.1. The van der Waals surface area contributed by atoms with Crippen LogP contribution in [0.3, 0.4) is 0 Å². The van der Waals surface area contributed by atoms with Gasteiger partial charge in [0.05, 0.1) is 19.8 Å². The van der Waals surface area contributed by atoms with Crippen molar-refractivity contribution in [2.24, 2.45) is 0 Å². The third-order valence-electron chi connectivity index (χ3n) is 11.1. The number of esters is 2. The van der Waals surface area contributed by atoms with Gasteiger partial charge < -0.3 is 64.2 Å². The fraction of sp³-hybridized carbons (Fsp3) is 0.953. The molecule has 0 amide bonds. The number of hydrogen-bond acceptors (Lipinski definition) is 15. The molecule has 0 aromatic carbocycles. The highest BCUT2D eigenvalue weighted by Gasteiger charge is 2.47. The Balaban J connectivity index is 1.61. The molecule has 2 heterocycles. The van der Waals surface area contributed by atoms with E-state index in [1.54, 1.807) is 6.92 Å². The minimum atomic E-state index is -1.75. The number of unbranched alkanes of at least 4 members (excludes halogenated alkanes) is 21. The second kappa shape index (κ2) is 32.2. The van der Waals surface area contributed by atoms with Crippen molar-refractivity contribution in [1.29, 1.82) is 0 Å². The summed E-state index contributed by atoms with van der Waals surface area (Å²) in [7, 11) is 0. The Bertz CT molecular complexity index is 1030. The first-order valence-electron chi connectivity index (χ1n) is 22.6. The van der Waals surface area contributed by atoms with Gasteiger partial charge >= 0.3 is 11.9 Å². The lowest BCUT2D eigenvalue weighted by Gasteiger charge is -2.42. The van der Waals surface area contributed by atoms with Gasteiger partial charge in [-0.15, -0.1) is 0 Å². The fourth-order valence-corrected chi connectivity index (χ4v) is 7.32. The van der Waals surface area contributed by atoms with Gasteiger partial charge in [-0.25, -0.2) is 0 Å². The van der Waals surface area contributed by atoms with Crippen molar-refractivity contribution in [1.82, 2.24) is 0 Å². The Hall–Kier alpha value is -1.50. The van der Waals surface area contributed by atoms with Crippen LogP contribution in [-0.4, -0.2) is 142 Å². The van der Waals surface area contributed by atoms with Crippen molar-refractivity contribution in [3.63, 3.8) is 0 Å². The Morgan fingerprint density at radius 2 is 0.914 bits per heavy atom. The Kier molecular flexibility index (Phi) is 29.3. The topological polar surface area (TPSA) is 231 Å². The molecule has 2 aliphatic heterocycles. The maximum Gasteiger partial charge on any atom is 0.306 e. The molecule has 0 aromatic heterocycles. The van der Waals surface area contributed by atoms with E-state index in [-0.39, 0.29) is 26.1 Å². The van der Waals surface area contributed by atoms with Gasteiger partial charge in [-0.1, -0.05) is 149 Å². The van der Waals surface area contributed by atoms with E-state index in [4.69, 9.17) is 28.4 Å². The van der Waals surface area contributed by atoms with Crippen molar-refractivity contribution < 1.29 is 73.8 Å². The van der Waals surface area contributed by atoms with Crippen LogP contribution < -0.4 is 0 Å². The van der Waals surface area contributed by atoms with Gasteiger partial charge in [0.25, 0.3) is 0 Å². The van der Waals surface area contributed by atoms with E-state index in [1.807, 2.05) is 0 Å². The Morgan fingerprint density at radius 3 is 1.36 bits per heavy atom. The predicted molar refractivity (Wildman–Crippen MR) is 215 cm³/mol. The van der Waals surface area contributed by atoms with E-state index >= 15 is 0 Å². The number of carbonyl (C=O) groups is 2. The molecule has 2 fully saturated rings. The maximum atomic E-state index is 12.7. The average molecular weight is 837 g/mol. The molecule has 0 bridgehead atoms. The monoisotopic (exact) mass is 837 g/mol. The first kappa shape index (κ1) is 52.6. The number of hydrogen-bond donors (Lipinski definition) is 7. The van der Waals surface area contributed by atoms with Crippen molar-refractivity contribution in [3.8, 4) is 0 Å². The number of aliphatic hydroxyl groups excluding tert-OH is 7. The minimum Gasteiger partial charge on any atom is -0.462 e. The summed E-state index contributed by atoms with van der Waals surface area (Å²) in [5.41, 5.74) is 0. The van der Waals surface area contributed by atoms with Gasteiger partial charge in [0.15, 0.2) is 18.7 Å². The zero-order valence-corrected chi connectivity index (χ0v) is 35.5. The third kappa shape index (κ3) is 21.3. The van der Waals surface area contributed by atoms with Crippen LogP contribution in [0.4, 0.5) is 0 Å². The molecule has 0 aliphatic carbocycles. The summed E-state index contributed by atoms with van der Waals surface area (Å²) in [5.74, 6) is -1.01. The van der Waals surface area contributed by atoms with Crippen molar-refractivity contribution in [2.45, 2.75) is 235 Å². The summed E-state index contributed by atoms with van der Waals surface area (Å²) in [6.07, 6.45) is 11.5.